The summed E-state index contributed by atoms with van der Waals surface area (Å²) in [5, 5.41) is 0.184. The molecule has 0 heterocycles. The minimum atomic E-state index is -1.74. The molecule has 6 heteroatoms. The van der Waals surface area contributed by atoms with Gasteiger partial charge in [-0.1, -0.05) is 33.4 Å². The molecule has 0 aliphatic rings. The van der Waals surface area contributed by atoms with Crippen LogP contribution in [0.1, 0.15) is 27.7 Å². The van der Waals surface area contributed by atoms with Gasteiger partial charge in [0.25, 0.3) is 0 Å². The minimum Gasteiger partial charge on any atom is -0.444 e. The summed E-state index contributed by atoms with van der Waals surface area (Å²) in [6.07, 6.45) is 1.00. The Bertz CT molecular complexity index is 301. The normalized spacial score (nSPS) is 13.8. The molecule has 0 aromatic heterocycles. The molecule has 2 N–H and O–H groups in total. The van der Waals surface area contributed by atoms with Crippen molar-refractivity contribution in [3.8, 4) is 0 Å². The van der Waals surface area contributed by atoms with Crippen LogP contribution in [0, 0.1) is 0 Å². The van der Waals surface area contributed by atoms with Crippen LogP contribution in [0.25, 0.3) is 0 Å². The lowest BCUT2D eigenvalue weighted by atomic mass is 10.2. The fourth-order valence-corrected chi connectivity index (χ4v) is 2.04. The Hall–Kier alpha value is -0.853. The molecule has 0 spiro atoms. The second-order valence-corrected chi connectivity index (χ2v) is 10.9. The van der Waals surface area contributed by atoms with Crippen LogP contribution in [0.2, 0.25) is 18.1 Å². The molecule has 1 atom stereocenters. The third-order valence-corrected chi connectivity index (χ3v) is 7.75. The highest BCUT2D eigenvalue weighted by molar-refractivity contribution is 6.74. The van der Waals surface area contributed by atoms with Crippen molar-refractivity contribution in [1.82, 2.24) is 10.9 Å². The minimum absolute atomic E-state index is 0.0189. The Labute approximate surface area is 117 Å². The first kappa shape index (κ1) is 18.1. The first-order valence-corrected chi connectivity index (χ1v) is 9.44. The second-order valence-electron chi connectivity index (χ2n) is 6.13. The molecule has 0 rings (SSSR count). The quantitative estimate of drug-likeness (QED) is 0.430. The van der Waals surface area contributed by atoms with Crippen LogP contribution in [0.3, 0.4) is 0 Å². The molecule has 0 bridgehead atoms. The summed E-state index contributed by atoms with van der Waals surface area (Å²) in [6.45, 7) is 17.2. The predicted molar refractivity (Wildman–Crippen MR) is 80.4 cm³/mol. The Balaban J connectivity index is 3.97. The number of rotatable bonds is 7. The van der Waals surface area contributed by atoms with Crippen LogP contribution >= 0.6 is 0 Å². The number of hydrazine groups is 1. The largest absolute Gasteiger partial charge is 0.444 e. The molecule has 0 unspecified atom stereocenters. The van der Waals surface area contributed by atoms with Gasteiger partial charge in [-0.3, -0.25) is 5.43 Å². The molecule has 1 amide bonds. The molecule has 0 saturated carbocycles. The van der Waals surface area contributed by atoms with Crippen LogP contribution in [-0.4, -0.2) is 33.7 Å². The summed E-state index contributed by atoms with van der Waals surface area (Å²) in [4.78, 5) is 11.2. The topological polar surface area (TPSA) is 59.6 Å². The highest BCUT2D eigenvalue weighted by Crippen LogP contribution is 2.36. The molecule has 19 heavy (non-hydrogen) atoms. The van der Waals surface area contributed by atoms with E-state index in [1.807, 2.05) is 6.92 Å². The number of amides is 1. The number of hydrogen-bond acceptors (Lipinski definition) is 4. The molecule has 0 saturated heterocycles. The van der Waals surface area contributed by atoms with Crippen molar-refractivity contribution in [1.29, 1.82) is 0 Å². The van der Waals surface area contributed by atoms with Gasteiger partial charge in [-0.15, -0.1) is 0 Å². The Morgan fingerprint density at radius 1 is 1.42 bits per heavy atom. The highest BCUT2D eigenvalue weighted by atomic mass is 28.4. The Morgan fingerprint density at radius 2 is 2.00 bits per heavy atom. The summed E-state index contributed by atoms with van der Waals surface area (Å²) < 4.78 is 10.8. The summed E-state index contributed by atoms with van der Waals surface area (Å²) >= 11 is 0. The Morgan fingerprint density at radius 3 is 2.47 bits per heavy atom. The van der Waals surface area contributed by atoms with Crippen molar-refractivity contribution in [3.05, 3.63) is 12.7 Å². The van der Waals surface area contributed by atoms with Crippen LogP contribution in [0.15, 0.2) is 12.7 Å². The van der Waals surface area contributed by atoms with Crippen molar-refractivity contribution in [2.24, 2.45) is 0 Å². The summed E-state index contributed by atoms with van der Waals surface area (Å²) in [6, 6.07) is 0.0189. The summed E-state index contributed by atoms with van der Waals surface area (Å²) in [5.74, 6) is 0. The van der Waals surface area contributed by atoms with Gasteiger partial charge >= 0.3 is 6.09 Å². The number of nitrogens with one attached hydrogen (secondary N) is 2. The Kier molecular flexibility index (Phi) is 7.32. The van der Waals surface area contributed by atoms with Crippen LogP contribution in [0.5, 0.6) is 0 Å². The van der Waals surface area contributed by atoms with E-state index in [1.54, 1.807) is 0 Å². The van der Waals surface area contributed by atoms with Gasteiger partial charge in [0.15, 0.2) is 8.32 Å². The van der Waals surface area contributed by atoms with Crippen molar-refractivity contribution in [3.63, 3.8) is 0 Å². The lowest BCUT2D eigenvalue weighted by Gasteiger charge is -2.37. The van der Waals surface area contributed by atoms with E-state index in [0.29, 0.717) is 6.61 Å². The van der Waals surface area contributed by atoms with Gasteiger partial charge in [0.05, 0.1) is 6.61 Å². The third-order valence-electron chi connectivity index (χ3n) is 3.25. The van der Waals surface area contributed by atoms with E-state index in [2.05, 4.69) is 51.3 Å². The van der Waals surface area contributed by atoms with Gasteiger partial charge in [-0.05, 0) is 25.1 Å². The number of carbonyl (C=O) groups excluding carboxylic acids is 1. The van der Waals surface area contributed by atoms with E-state index >= 15 is 0 Å². The SMILES string of the molecule is C=CCOC(=O)NN[C@@H](C)CO[Si](C)(C)C(C)(C)C. The number of ether oxygens (including phenoxy) is 1. The van der Waals surface area contributed by atoms with E-state index < -0.39 is 14.4 Å². The van der Waals surface area contributed by atoms with Crippen LogP contribution in [0.4, 0.5) is 4.79 Å². The molecule has 5 nitrogen and oxygen atoms in total. The van der Waals surface area contributed by atoms with Gasteiger partial charge in [0.1, 0.15) is 6.61 Å². The zero-order chi connectivity index (χ0) is 15.1. The smallest absolute Gasteiger partial charge is 0.421 e. The average molecular weight is 288 g/mol. The van der Waals surface area contributed by atoms with Crippen molar-refractivity contribution in [2.75, 3.05) is 13.2 Å². The monoisotopic (exact) mass is 288 g/mol. The zero-order valence-electron chi connectivity index (χ0n) is 13.0. The molecule has 0 aromatic rings. The highest BCUT2D eigenvalue weighted by Gasteiger charge is 2.37. The predicted octanol–water partition coefficient (Wildman–Crippen LogP) is 2.81. The summed E-state index contributed by atoms with van der Waals surface area (Å²) in [5.41, 5.74) is 5.32. The molecular formula is C13H28N2O3Si. The molecule has 0 aliphatic carbocycles. The van der Waals surface area contributed by atoms with E-state index in [9.17, 15) is 4.79 Å². The first-order valence-electron chi connectivity index (χ1n) is 6.53. The molecule has 0 aliphatic heterocycles. The van der Waals surface area contributed by atoms with Gasteiger partial charge in [0, 0.05) is 6.04 Å². The average Bonchev–Trinajstić information content (AvgIpc) is 2.29. The van der Waals surface area contributed by atoms with E-state index in [0.717, 1.165) is 0 Å². The number of hydrogen-bond donors (Lipinski definition) is 2. The van der Waals surface area contributed by atoms with Crippen LogP contribution < -0.4 is 10.9 Å². The van der Waals surface area contributed by atoms with Gasteiger partial charge in [-0.25, -0.2) is 10.2 Å². The van der Waals surface area contributed by atoms with Crippen LogP contribution in [-0.2, 0) is 9.16 Å². The fraction of sp³-hybridized carbons (Fsp3) is 0.769. The van der Waals surface area contributed by atoms with Crippen molar-refractivity contribution in [2.45, 2.75) is 51.9 Å². The van der Waals surface area contributed by atoms with E-state index in [4.69, 9.17) is 9.16 Å². The maximum Gasteiger partial charge on any atom is 0.421 e. The maximum absolute atomic E-state index is 11.2. The van der Waals surface area contributed by atoms with E-state index in [1.165, 1.54) is 6.08 Å². The van der Waals surface area contributed by atoms with Gasteiger partial charge in [-0.2, -0.15) is 0 Å². The zero-order valence-corrected chi connectivity index (χ0v) is 14.0. The molecule has 0 aromatic carbocycles. The molecule has 0 radical (unpaired) electrons. The standard InChI is InChI=1S/C13H28N2O3Si/c1-8-9-17-12(16)15-14-11(2)10-18-19(6,7)13(3,4)5/h8,11,14H,1,9-10H2,2-7H3,(H,15,16)/t11-/m0/s1. The van der Waals surface area contributed by atoms with Crippen molar-refractivity contribution < 1.29 is 14.0 Å². The van der Waals surface area contributed by atoms with Gasteiger partial charge in [0.2, 0.25) is 0 Å². The molecular weight excluding hydrogens is 260 g/mol. The van der Waals surface area contributed by atoms with E-state index in [-0.39, 0.29) is 17.7 Å². The maximum atomic E-state index is 11.2. The lowest BCUT2D eigenvalue weighted by molar-refractivity contribution is 0.147. The third kappa shape index (κ3) is 7.34. The number of carbonyl (C=O) groups is 1. The summed E-state index contributed by atoms with van der Waals surface area (Å²) in [7, 11) is -1.74. The fourth-order valence-electron chi connectivity index (χ4n) is 0.944. The lowest BCUT2D eigenvalue weighted by Crippen LogP contribution is -2.48. The van der Waals surface area contributed by atoms with Crippen molar-refractivity contribution >= 4 is 14.4 Å². The first-order chi connectivity index (χ1) is 8.60. The molecule has 0 fully saturated rings. The molecule has 112 valence electrons. The second kappa shape index (κ2) is 7.67. The van der Waals surface area contributed by atoms with Gasteiger partial charge < -0.3 is 9.16 Å².